The summed E-state index contributed by atoms with van der Waals surface area (Å²) in [6.07, 6.45) is 0. The number of carboxylic acids is 1. The number of aromatic carboxylic acids is 1. The van der Waals surface area contributed by atoms with E-state index in [1.807, 2.05) is 13.8 Å². The number of aromatic nitrogens is 1. The van der Waals surface area contributed by atoms with Crippen LogP contribution in [0.2, 0.25) is 0 Å². The van der Waals surface area contributed by atoms with Crippen LogP contribution in [0.1, 0.15) is 51.2 Å². The molecule has 0 saturated carbocycles. The number of hydrogen-bond donors (Lipinski definition) is 2. The predicted molar refractivity (Wildman–Crippen MR) is 74.6 cm³/mol. The molecule has 0 aliphatic carbocycles. The van der Waals surface area contributed by atoms with E-state index in [1.165, 1.54) is 6.07 Å². The number of carboxylic acid groups (broad SMARTS) is 1. The summed E-state index contributed by atoms with van der Waals surface area (Å²) >= 11 is 1.00. The quantitative estimate of drug-likeness (QED) is 0.903. The Bertz CT molecular complexity index is 657. The molecule has 2 N–H and O–H groups in total. The third kappa shape index (κ3) is 2.72. The largest absolute Gasteiger partial charge is 0.477 e. The number of carbonyl (C=O) groups is 2. The molecule has 0 aliphatic heterocycles. The van der Waals surface area contributed by atoms with Crippen LogP contribution in [-0.2, 0) is 0 Å². The van der Waals surface area contributed by atoms with Crippen molar-refractivity contribution in [3.8, 4) is 0 Å². The van der Waals surface area contributed by atoms with E-state index in [0.717, 1.165) is 11.3 Å². The number of amides is 1. The lowest BCUT2D eigenvalue weighted by Gasteiger charge is -2.05. The van der Waals surface area contributed by atoms with Gasteiger partial charge in [0.1, 0.15) is 10.4 Å². The number of aryl methyl sites for hydroxylation is 1. The summed E-state index contributed by atoms with van der Waals surface area (Å²) in [4.78, 5) is 23.2. The zero-order valence-corrected chi connectivity index (χ0v) is 12.1. The maximum atomic E-state index is 12.2. The Labute approximate surface area is 119 Å². The third-order valence-electron chi connectivity index (χ3n) is 2.69. The van der Waals surface area contributed by atoms with Gasteiger partial charge in [-0.15, -0.1) is 11.3 Å². The molecule has 2 heterocycles. The summed E-state index contributed by atoms with van der Waals surface area (Å²) in [7, 11) is 0. The Hall–Kier alpha value is -2.15. The predicted octanol–water partition coefficient (Wildman–Crippen LogP) is 3.12. The Morgan fingerprint density at radius 3 is 2.65 bits per heavy atom. The molecule has 2 aromatic heterocycles. The molecule has 0 fully saturated rings. The summed E-state index contributed by atoms with van der Waals surface area (Å²) in [5.41, 5.74) is 0.923. The lowest BCUT2D eigenvalue weighted by atomic mass is 10.0. The van der Waals surface area contributed by atoms with Gasteiger partial charge in [0.05, 0.1) is 10.7 Å². The average molecular weight is 294 g/mol. The highest BCUT2D eigenvalue weighted by molar-refractivity contribution is 7.18. The minimum absolute atomic E-state index is 0.0369. The van der Waals surface area contributed by atoms with Crippen LogP contribution in [0.3, 0.4) is 0 Å². The molecule has 0 unspecified atom stereocenters. The van der Waals surface area contributed by atoms with E-state index in [2.05, 4.69) is 10.5 Å². The van der Waals surface area contributed by atoms with Gasteiger partial charge in [-0.05, 0) is 19.1 Å². The van der Waals surface area contributed by atoms with Crippen molar-refractivity contribution < 1.29 is 19.2 Å². The standard InChI is InChI=1S/C13H14N2O4S/c1-6(2)11-10(7(3)15-19-11)12(16)14-9-5-4-8(20-9)13(17)18/h4-6H,1-3H3,(H,14,16)(H,17,18). The first-order valence-electron chi connectivity index (χ1n) is 6.00. The molecule has 6 nitrogen and oxygen atoms in total. The van der Waals surface area contributed by atoms with Gasteiger partial charge >= 0.3 is 5.97 Å². The highest BCUT2D eigenvalue weighted by Gasteiger charge is 2.23. The summed E-state index contributed by atoms with van der Waals surface area (Å²) in [6, 6.07) is 3.01. The summed E-state index contributed by atoms with van der Waals surface area (Å²) in [5.74, 6) is -0.796. The SMILES string of the molecule is Cc1noc(C(C)C)c1C(=O)Nc1ccc(C(=O)O)s1. The molecule has 0 aliphatic rings. The number of nitrogens with one attached hydrogen (secondary N) is 1. The Morgan fingerprint density at radius 1 is 1.40 bits per heavy atom. The second kappa shape index (κ2) is 5.46. The Kier molecular flexibility index (Phi) is 3.89. The molecule has 0 bridgehead atoms. The number of carbonyl (C=O) groups excluding carboxylic acids is 1. The molecule has 2 aromatic rings. The van der Waals surface area contributed by atoms with E-state index < -0.39 is 5.97 Å². The summed E-state index contributed by atoms with van der Waals surface area (Å²) < 4.78 is 5.16. The van der Waals surface area contributed by atoms with E-state index in [4.69, 9.17) is 9.63 Å². The van der Waals surface area contributed by atoms with Crippen molar-refractivity contribution in [2.75, 3.05) is 5.32 Å². The zero-order chi connectivity index (χ0) is 14.9. The molecule has 0 radical (unpaired) electrons. The highest BCUT2D eigenvalue weighted by atomic mass is 32.1. The Morgan fingerprint density at radius 2 is 2.10 bits per heavy atom. The molecular weight excluding hydrogens is 280 g/mol. The van der Waals surface area contributed by atoms with E-state index in [9.17, 15) is 9.59 Å². The summed E-state index contributed by atoms with van der Waals surface area (Å²) in [5, 5.41) is 15.8. The maximum Gasteiger partial charge on any atom is 0.345 e. The molecule has 0 aromatic carbocycles. The lowest BCUT2D eigenvalue weighted by molar-refractivity contribution is 0.0702. The van der Waals surface area contributed by atoms with E-state index in [-0.39, 0.29) is 16.7 Å². The smallest absolute Gasteiger partial charge is 0.345 e. The molecular formula is C13H14N2O4S. The van der Waals surface area contributed by atoms with Gasteiger partial charge in [0.25, 0.3) is 5.91 Å². The van der Waals surface area contributed by atoms with E-state index in [0.29, 0.717) is 22.0 Å². The van der Waals surface area contributed by atoms with Crippen LogP contribution in [-0.4, -0.2) is 22.1 Å². The second-order valence-electron chi connectivity index (χ2n) is 4.59. The van der Waals surface area contributed by atoms with Crippen molar-refractivity contribution in [2.45, 2.75) is 26.7 Å². The monoisotopic (exact) mass is 294 g/mol. The van der Waals surface area contributed by atoms with Crippen LogP contribution in [0.5, 0.6) is 0 Å². The van der Waals surface area contributed by atoms with Crippen molar-refractivity contribution in [3.05, 3.63) is 34.0 Å². The topological polar surface area (TPSA) is 92.4 Å². The fourth-order valence-electron chi connectivity index (χ4n) is 1.75. The van der Waals surface area contributed by atoms with Crippen LogP contribution in [0.4, 0.5) is 5.00 Å². The van der Waals surface area contributed by atoms with Crippen molar-refractivity contribution in [1.82, 2.24) is 5.16 Å². The number of nitrogens with zero attached hydrogens (tertiary/aromatic N) is 1. The van der Waals surface area contributed by atoms with Gasteiger partial charge in [-0.25, -0.2) is 4.79 Å². The zero-order valence-electron chi connectivity index (χ0n) is 11.3. The fraction of sp³-hybridized carbons (Fsp3) is 0.308. The molecule has 0 atom stereocenters. The van der Waals surface area contributed by atoms with Crippen LogP contribution >= 0.6 is 11.3 Å². The van der Waals surface area contributed by atoms with Crippen LogP contribution in [0.25, 0.3) is 0 Å². The normalized spacial score (nSPS) is 10.8. The number of anilines is 1. The van der Waals surface area contributed by atoms with Crippen LogP contribution in [0.15, 0.2) is 16.7 Å². The maximum absolute atomic E-state index is 12.2. The van der Waals surface area contributed by atoms with Crippen LogP contribution in [0, 0.1) is 6.92 Å². The first kappa shape index (κ1) is 14.3. The van der Waals surface area contributed by atoms with Gasteiger partial charge in [-0.2, -0.15) is 0 Å². The first-order chi connectivity index (χ1) is 9.40. The lowest BCUT2D eigenvalue weighted by Crippen LogP contribution is -2.14. The van der Waals surface area contributed by atoms with Gasteiger partial charge < -0.3 is 14.9 Å². The minimum Gasteiger partial charge on any atom is -0.477 e. The van der Waals surface area contributed by atoms with Crippen molar-refractivity contribution in [2.24, 2.45) is 0 Å². The van der Waals surface area contributed by atoms with Gasteiger partial charge in [0.15, 0.2) is 5.76 Å². The number of thiophene rings is 1. The summed E-state index contributed by atoms with van der Waals surface area (Å²) in [6.45, 7) is 5.51. The fourth-order valence-corrected chi connectivity index (χ4v) is 2.49. The average Bonchev–Trinajstić information content (AvgIpc) is 2.95. The number of rotatable bonds is 4. The molecule has 1 amide bonds. The van der Waals surface area contributed by atoms with Crippen molar-refractivity contribution in [1.29, 1.82) is 0 Å². The second-order valence-corrected chi connectivity index (χ2v) is 5.67. The minimum atomic E-state index is -1.01. The molecule has 2 rings (SSSR count). The molecule has 106 valence electrons. The number of hydrogen-bond acceptors (Lipinski definition) is 5. The van der Waals surface area contributed by atoms with E-state index >= 15 is 0 Å². The van der Waals surface area contributed by atoms with Crippen LogP contribution < -0.4 is 5.32 Å². The van der Waals surface area contributed by atoms with Gasteiger partial charge in [-0.1, -0.05) is 19.0 Å². The van der Waals surface area contributed by atoms with Gasteiger partial charge in [0.2, 0.25) is 0 Å². The molecule has 0 spiro atoms. The van der Waals surface area contributed by atoms with E-state index in [1.54, 1.807) is 13.0 Å². The Balaban J connectivity index is 2.23. The van der Waals surface area contributed by atoms with Gasteiger partial charge in [0, 0.05) is 5.92 Å². The third-order valence-corrected chi connectivity index (χ3v) is 3.68. The molecule has 20 heavy (non-hydrogen) atoms. The van der Waals surface area contributed by atoms with Crippen molar-refractivity contribution >= 4 is 28.2 Å². The first-order valence-corrected chi connectivity index (χ1v) is 6.82. The molecule has 7 heteroatoms. The highest BCUT2D eigenvalue weighted by Crippen LogP contribution is 2.26. The molecule has 0 saturated heterocycles. The van der Waals surface area contributed by atoms with Gasteiger partial charge in [-0.3, -0.25) is 4.79 Å². The van der Waals surface area contributed by atoms with Crippen molar-refractivity contribution in [3.63, 3.8) is 0 Å².